The van der Waals surface area contributed by atoms with E-state index in [2.05, 4.69) is 0 Å². The van der Waals surface area contributed by atoms with Gasteiger partial charge in [0.1, 0.15) is 5.75 Å². The number of ether oxygens (including phenoxy) is 1. The number of methoxy groups -OCH3 is 1. The van der Waals surface area contributed by atoms with Crippen LogP contribution < -0.4 is 9.64 Å². The number of benzene rings is 1. The predicted octanol–water partition coefficient (Wildman–Crippen LogP) is 2.16. The Labute approximate surface area is 112 Å². The van der Waals surface area contributed by atoms with Gasteiger partial charge in [-0.05, 0) is 24.3 Å². The van der Waals surface area contributed by atoms with E-state index < -0.39 is 11.9 Å². The van der Waals surface area contributed by atoms with Crippen molar-refractivity contribution >= 4 is 17.6 Å². The standard InChI is InChI=1S/C14H19NO4/c1-4-13(16)15(9-10(2)14(17)18)11-5-7-12(19-3)8-6-11/h5-8,10H,4,9H2,1-3H3,(H,17,18). The molecule has 1 unspecified atom stereocenters. The van der Waals surface area contributed by atoms with Crippen LogP contribution in [0.1, 0.15) is 20.3 Å². The zero-order valence-corrected chi connectivity index (χ0v) is 11.4. The maximum Gasteiger partial charge on any atom is 0.308 e. The summed E-state index contributed by atoms with van der Waals surface area (Å²) < 4.78 is 5.06. The lowest BCUT2D eigenvalue weighted by Crippen LogP contribution is -2.36. The lowest BCUT2D eigenvalue weighted by atomic mass is 10.1. The highest BCUT2D eigenvalue weighted by Gasteiger charge is 2.20. The quantitative estimate of drug-likeness (QED) is 0.856. The number of carboxylic acid groups (broad SMARTS) is 1. The Morgan fingerprint density at radius 1 is 1.32 bits per heavy atom. The second-order valence-electron chi connectivity index (χ2n) is 4.30. The normalized spacial score (nSPS) is 11.7. The molecule has 0 aliphatic heterocycles. The first-order valence-electron chi connectivity index (χ1n) is 6.16. The van der Waals surface area contributed by atoms with Gasteiger partial charge in [0, 0.05) is 18.7 Å². The third-order valence-electron chi connectivity index (χ3n) is 2.87. The Morgan fingerprint density at radius 3 is 2.32 bits per heavy atom. The summed E-state index contributed by atoms with van der Waals surface area (Å²) in [5.74, 6) is -0.933. The molecule has 5 nitrogen and oxygen atoms in total. The molecule has 104 valence electrons. The molecule has 0 aliphatic rings. The number of amides is 1. The number of hydrogen-bond donors (Lipinski definition) is 1. The lowest BCUT2D eigenvalue weighted by molar-refractivity contribution is -0.140. The topological polar surface area (TPSA) is 66.8 Å². The van der Waals surface area contributed by atoms with Gasteiger partial charge < -0.3 is 14.7 Å². The molecule has 0 fully saturated rings. The molecule has 0 aromatic heterocycles. The molecule has 0 heterocycles. The Kier molecular flexibility index (Phi) is 5.36. The highest BCUT2D eigenvalue weighted by atomic mass is 16.5. The fraction of sp³-hybridized carbons (Fsp3) is 0.429. The Balaban J connectivity index is 2.95. The fourth-order valence-corrected chi connectivity index (χ4v) is 1.66. The number of carboxylic acids is 1. The van der Waals surface area contributed by atoms with Crippen LogP contribution in [0.3, 0.4) is 0 Å². The molecule has 0 aliphatic carbocycles. The van der Waals surface area contributed by atoms with Gasteiger partial charge in [-0.2, -0.15) is 0 Å². The molecule has 0 bridgehead atoms. The van der Waals surface area contributed by atoms with E-state index in [0.29, 0.717) is 17.9 Å². The van der Waals surface area contributed by atoms with E-state index in [1.807, 2.05) is 0 Å². The third-order valence-corrected chi connectivity index (χ3v) is 2.87. The molecule has 19 heavy (non-hydrogen) atoms. The minimum absolute atomic E-state index is 0.0988. The third kappa shape index (κ3) is 3.98. The van der Waals surface area contributed by atoms with Crippen LogP contribution in [-0.4, -0.2) is 30.6 Å². The van der Waals surface area contributed by atoms with E-state index in [1.54, 1.807) is 45.2 Å². The second-order valence-corrected chi connectivity index (χ2v) is 4.30. The predicted molar refractivity (Wildman–Crippen MR) is 72.4 cm³/mol. The van der Waals surface area contributed by atoms with Crippen molar-refractivity contribution in [2.75, 3.05) is 18.6 Å². The van der Waals surface area contributed by atoms with Crippen molar-refractivity contribution in [3.05, 3.63) is 24.3 Å². The summed E-state index contributed by atoms with van der Waals surface area (Å²) in [4.78, 5) is 24.3. The van der Waals surface area contributed by atoms with Crippen LogP contribution in [0, 0.1) is 5.92 Å². The average molecular weight is 265 g/mol. The summed E-state index contributed by atoms with van der Waals surface area (Å²) in [7, 11) is 1.57. The largest absolute Gasteiger partial charge is 0.497 e. The monoisotopic (exact) mass is 265 g/mol. The lowest BCUT2D eigenvalue weighted by Gasteiger charge is -2.24. The van der Waals surface area contributed by atoms with Gasteiger partial charge in [-0.3, -0.25) is 9.59 Å². The number of carbonyl (C=O) groups excluding carboxylic acids is 1. The SMILES string of the molecule is CCC(=O)N(CC(C)C(=O)O)c1ccc(OC)cc1. The van der Waals surface area contributed by atoms with Crippen molar-refractivity contribution in [1.82, 2.24) is 0 Å². The van der Waals surface area contributed by atoms with Crippen molar-refractivity contribution in [1.29, 1.82) is 0 Å². The van der Waals surface area contributed by atoms with E-state index in [0.717, 1.165) is 0 Å². The molecule has 1 N–H and O–H groups in total. The summed E-state index contributed by atoms with van der Waals surface area (Å²) in [5.41, 5.74) is 0.681. The van der Waals surface area contributed by atoms with Gasteiger partial charge in [-0.1, -0.05) is 13.8 Å². The van der Waals surface area contributed by atoms with Crippen molar-refractivity contribution in [2.24, 2.45) is 5.92 Å². The minimum atomic E-state index is -0.914. The zero-order chi connectivity index (χ0) is 14.4. The Bertz CT molecular complexity index is 441. The molecule has 0 radical (unpaired) electrons. The van der Waals surface area contributed by atoms with Crippen molar-refractivity contribution in [2.45, 2.75) is 20.3 Å². The van der Waals surface area contributed by atoms with Crippen LogP contribution in [0.15, 0.2) is 24.3 Å². The molecule has 1 atom stereocenters. The molecular weight excluding hydrogens is 246 g/mol. The number of rotatable bonds is 6. The Morgan fingerprint density at radius 2 is 1.89 bits per heavy atom. The highest BCUT2D eigenvalue weighted by molar-refractivity contribution is 5.93. The molecule has 1 aromatic rings. The molecule has 0 saturated carbocycles. The van der Waals surface area contributed by atoms with Gasteiger partial charge in [0.2, 0.25) is 5.91 Å². The highest BCUT2D eigenvalue weighted by Crippen LogP contribution is 2.21. The maximum atomic E-state index is 11.9. The first-order valence-corrected chi connectivity index (χ1v) is 6.16. The second kappa shape index (κ2) is 6.78. The van der Waals surface area contributed by atoms with Crippen LogP contribution in [0.2, 0.25) is 0 Å². The maximum absolute atomic E-state index is 11.9. The van der Waals surface area contributed by atoms with Crippen LogP contribution >= 0.6 is 0 Å². The van der Waals surface area contributed by atoms with E-state index in [1.165, 1.54) is 4.90 Å². The van der Waals surface area contributed by atoms with Gasteiger partial charge in [0.25, 0.3) is 0 Å². The smallest absolute Gasteiger partial charge is 0.308 e. The van der Waals surface area contributed by atoms with Crippen LogP contribution in [0.25, 0.3) is 0 Å². The number of anilines is 1. The van der Waals surface area contributed by atoms with Gasteiger partial charge in [0.05, 0.1) is 13.0 Å². The summed E-state index contributed by atoms with van der Waals surface area (Å²) >= 11 is 0. The first-order chi connectivity index (χ1) is 8.99. The molecule has 0 spiro atoms. The summed E-state index contributed by atoms with van der Waals surface area (Å²) in [5, 5.41) is 8.96. The molecule has 1 aromatic carbocycles. The molecule has 1 amide bonds. The zero-order valence-electron chi connectivity index (χ0n) is 11.4. The number of aliphatic carboxylic acids is 1. The fourth-order valence-electron chi connectivity index (χ4n) is 1.66. The summed E-state index contributed by atoms with van der Waals surface area (Å²) in [6.45, 7) is 3.50. The van der Waals surface area contributed by atoms with Crippen LogP contribution in [0.4, 0.5) is 5.69 Å². The number of carbonyl (C=O) groups is 2. The van der Waals surface area contributed by atoms with E-state index in [9.17, 15) is 9.59 Å². The van der Waals surface area contributed by atoms with Crippen molar-refractivity contribution in [3.8, 4) is 5.75 Å². The molecule has 0 saturated heterocycles. The van der Waals surface area contributed by atoms with E-state index >= 15 is 0 Å². The Hall–Kier alpha value is -2.04. The van der Waals surface area contributed by atoms with E-state index in [-0.39, 0.29) is 12.5 Å². The molecular formula is C14H19NO4. The van der Waals surface area contributed by atoms with Crippen molar-refractivity contribution in [3.63, 3.8) is 0 Å². The number of hydrogen-bond acceptors (Lipinski definition) is 3. The number of nitrogens with zero attached hydrogens (tertiary/aromatic N) is 1. The van der Waals surface area contributed by atoms with Gasteiger partial charge in [0.15, 0.2) is 0 Å². The van der Waals surface area contributed by atoms with E-state index in [4.69, 9.17) is 9.84 Å². The van der Waals surface area contributed by atoms with Crippen molar-refractivity contribution < 1.29 is 19.4 Å². The van der Waals surface area contributed by atoms with Gasteiger partial charge in [-0.25, -0.2) is 0 Å². The van der Waals surface area contributed by atoms with Gasteiger partial charge in [-0.15, -0.1) is 0 Å². The van der Waals surface area contributed by atoms with Crippen LogP contribution in [-0.2, 0) is 9.59 Å². The first kappa shape index (κ1) is 15.0. The average Bonchev–Trinajstić information content (AvgIpc) is 2.43. The van der Waals surface area contributed by atoms with Crippen LogP contribution in [0.5, 0.6) is 5.75 Å². The van der Waals surface area contributed by atoms with Gasteiger partial charge >= 0.3 is 5.97 Å². The molecule has 5 heteroatoms. The molecule has 1 rings (SSSR count). The minimum Gasteiger partial charge on any atom is -0.497 e. The summed E-state index contributed by atoms with van der Waals surface area (Å²) in [6.07, 6.45) is 0.332. The summed E-state index contributed by atoms with van der Waals surface area (Å²) in [6, 6.07) is 7.00.